The monoisotopic (exact) mass is 478 g/mol. The van der Waals surface area contributed by atoms with Crippen molar-refractivity contribution in [1.29, 1.82) is 0 Å². The number of hydrogen-bond donors (Lipinski definition) is 1. The zero-order valence-corrected chi connectivity index (χ0v) is 19.3. The van der Waals surface area contributed by atoms with E-state index in [0.29, 0.717) is 23.8 Å². The first-order valence-electron chi connectivity index (χ1n) is 10.2. The molecule has 0 unspecified atom stereocenters. The van der Waals surface area contributed by atoms with Gasteiger partial charge >= 0.3 is 0 Å². The van der Waals surface area contributed by atoms with Crippen molar-refractivity contribution in [3.63, 3.8) is 0 Å². The third kappa shape index (κ3) is 4.79. The highest BCUT2D eigenvalue weighted by Crippen LogP contribution is 2.31. The fraction of sp³-hybridized carbons (Fsp3) is 0.125. The van der Waals surface area contributed by atoms with E-state index in [9.17, 15) is 9.18 Å². The number of thiazole rings is 2. The van der Waals surface area contributed by atoms with Crippen LogP contribution < -0.4 is 10.1 Å². The molecule has 166 valence electrons. The summed E-state index contributed by atoms with van der Waals surface area (Å²) in [5.41, 5.74) is 3.17. The number of nitrogens with zero attached hydrogens (tertiary/aromatic N) is 3. The van der Waals surface area contributed by atoms with E-state index in [-0.39, 0.29) is 18.1 Å². The van der Waals surface area contributed by atoms with E-state index < -0.39 is 0 Å². The second-order valence-corrected chi connectivity index (χ2v) is 9.25. The number of benzene rings is 2. The molecule has 5 aromatic rings. The largest absolute Gasteiger partial charge is 0.486 e. The summed E-state index contributed by atoms with van der Waals surface area (Å²) in [4.78, 5) is 22.7. The Morgan fingerprint density at radius 1 is 1.09 bits per heavy atom. The van der Waals surface area contributed by atoms with E-state index in [0.717, 1.165) is 21.3 Å². The zero-order valence-electron chi connectivity index (χ0n) is 17.6. The third-order valence-electron chi connectivity index (χ3n) is 4.96. The number of rotatable bonds is 7. The molecule has 3 aromatic heterocycles. The maximum Gasteiger partial charge on any atom is 0.231 e. The highest BCUT2D eigenvalue weighted by molar-refractivity contribution is 7.15. The van der Waals surface area contributed by atoms with Gasteiger partial charge in [-0.05, 0) is 43.3 Å². The molecule has 0 bridgehead atoms. The molecule has 0 atom stereocenters. The minimum atomic E-state index is -0.323. The van der Waals surface area contributed by atoms with Crippen LogP contribution in [0.5, 0.6) is 5.75 Å². The standard InChI is InChI=1S/C24H19FN4O2S2/c1-15-2-8-19(9-3-15)31-13-21-26-18(14-33-21)12-20(30)27-23-22(16-4-6-17(25)7-5-16)28-24-29(23)10-11-32-24/h2-11,14H,12-13H2,1H3,(H,27,30). The summed E-state index contributed by atoms with van der Waals surface area (Å²) in [5, 5.41) is 7.52. The number of carbonyl (C=O) groups is 1. The van der Waals surface area contributed by atoms with Gasteiger partial charge in [-0.15, -0.1) is 22.7 Å². The fourth-order valence-corrected chi connectivity index (χ4v) is 4.75. The maximum absolute atomic E-state index is 13.4. The number of imidazole rings is 1. The second kappa shape index (κ2) is 9.13. The van der Waals surface area contributed by atoms with Gasteiger partial charge < -0.3 is 10.1 Å². The van der Waals surface area contributed by atoms with Gasteiger partial charge in [0.15, 0.2) is 4.96 Å². The minimum absolute atomic E-state index is 0.126. The van der Waals surface area contributed by atoms with Gasteiger partial charge in [0.05, 0.1) is 12.1 Å². The summed E-state index contributed by atoms with van der Waals surface area (Å²) in [6, 6.07) is 13.9. The smallest absolute Gasteiger partial charge is 0.231 e. The zero-order chi connectivity index (χ0) is 22.8. The van der Waals surface area contributed by atoms with Gasteiger partial charge in [-0.3, -0.25) is 9.20 Å². The molecular weight excluding hydrogens is 459 g/mol. The van der Waals surface area contributed by atoms with Crippen LogP contribution in [0.4, 0.5) is 10.2 Å². The molecule has 6 nitrogen and oxygen atoms in total. The molecule has 0 radical (unpaired) electrons. The number of aromatic nitrogens is 3. The molecule has 9 heteroatoms. The predicted molar refractivity (Wildman–Crippen MR) is 128 cm³/mol. The van der Waals surface area contributed by atoms with E-state index in [4.69, 9.17) is 4.74 Å². The number of halogens is 1. The Hall–Kier alpha value is -3.56. The number of fused-ring (bicyclic) bond motifs is 1. The van der Waals surface area contributed by atoms with Crippen LogP contribution in [0, 0.1) is 12.7 Å². The third-order valence-corrected chi connectivity index (χ3v) is 6.59. The van der Waals surface area contributed by atoms with Crippen molar-refractivity contribution in [2.24, 2.45) is 0 Å². The Bertz CT molecular complexity index is 1400. The molecule has 5 rings (SSSR count). The van der Waals surface area contributed by atoms with Gasteiger partial charge in [-0.1, -0.05) is 17.7 Å². The molecule has 2 aromatic carbocycles. The molecule has 0 aliphatic heterocycles. The molecule has 0 saturated heterocycles. The van der Waals surface area contributed by atoms with Crippen molar-refractivity contribution in [1.82, 2.24) is 14.4 Å². The van der Waals surface area contributed by atoms with Crippen LogP contribution >= 0.6 is 22.7 Å². The number of ether oxygens (including phenoxy) is 1. The lowest BCUT2D eigenvalue weighted by atomic mass is 10.1. The van der Waals surface area contributed by atoms with E-state index in [1.807, 2.05) is 52.5 Å². The van der Waals surface area contributed by atoms with Gasteiger partial charge in [-0.2, -0.15) is 0 Å². The summed E-state index contributed by atoms with van der Waals surface area (Å²) in [7, 11) is 0. The van der Waals surface area contributed by atoms with Crippen LogP contribution in [0.25, 0.3) is 16.2 Å². The Morgan fingerprint density at radius 3 is 2.67 bits per heavy atom. The molecule has 0 spiro atoms. The van der Waals surface area contributed by atoms with Gasteiger partial charge in [0, 0.05) is 22.5 Å². The van der Waals surface area contributed by atoms with Crippen LogP contribution in [-0.4, -0.2) is 20.3 Å². The Labute approximate surface area is 197 Å². The number of hydrogen-bond acceptors (Lipinski definition) is 6. The average molecular weight is 479 g/mol. The lowest BCUT2D eigenvalue weighted by Gasteiger charge is -2.07. The highest BCUT2D eigenvalue weighted by atomic mass is 32.1. The van der Waals surface area contributed by atoms with Crippen molar-refractivity contribution < 1.29 is 13.9 Å². The first-order chi connectivity index (χ1) is 16.0. The number of amides is 1. The first-order valence-corrected chi connectivity index (χ1v) is 12.0. The maximum atomic E-state index is 13.4. The topological polar surface area (TPSA) is 68.5 Å². The van der Waals surface area contributed by atoms with E-state index in [1.165, 1.54) is 40.4 Å². The highest BCUT2D eigenvalue weighted by Gasteiger charge is 2.18. The SMILES string of the molecule is Cc1ccc(OCc2nc(CC(=O)Nc3c(-c4ccc(F)cc4)nc4sccn34)cs2)cc1. The number of aryl methyl sites for hydroxylation is 1. The lowest BCUT2D eigenvalue weighted by molar-refractivity contribution is -0.115. The first kappa shape index (κ1) is 21.3. The molecule has 1 amide bonds. The summed E-state index contributed by atoms with van der Waals surface area (Å²) in [5.74, 6) is 0.809. The van der Waals surface area contributed by atoms with Crippen LogP contribution in [0.15, 0.2) is 65.5 Å². The molecular formula is C24H19FN4O2S2. The molecule has 33 heavy (non-hydrogen) atoms. The summed E-state index contributed by atoms with van der Waals surface area (Å²) in [6.07, 6.45) is 1.97. The predicted octanol–water partition coefficient (Wildman–Crippen LogP) is 5.73. The molecule has 3 heterocycles. The van der Waals surface area contributed by atoms with Crippen molar-refractivity contribution in [2.45, 2.75) is 20.0 Å². The minimum Gasteiger partial charge on any atom is -0.486 e. The van der Waals surface area contributed by atoms with Crippen molar-refractivity contribution >= 4 is 39.4 Å². The fourth-order valence-electron chi connectivity index (χ4n) is 3.33. The second-order valence-electron chi connectivity index (χ2n) is 7.43. The molecule has 0 fully saturated rings. The van der Waals surface area contributed by atoms with Crippen molar-refractivity contribution in [2.75, 3.05) is 5.32 Å². The summed E-state index contributed by atoms with van der Waals surface area (Å²) >= 11 is 2.92. The molecule has 0 aliphatic rings. The summed E-state index contributed by atoms with van der Waals surface area (Å²) < 4.78 is 21.0. The number of carbonyl (C=O) groups excluding carboxylic acids is 1. The van der Waals surface area contributed by atoms with E-state index in [2.05, 4.69) is 15.3 Å². The quantitative estimate of drug-likeness (QED) is 0.325. The van der Waals surface area contributed by atoms with Crippen LogP contribution in [0.2, 0.25) is 0 Å². The Kier molecular flexibility index (Phi) is 5.89. The van der Waals surface area contributed by atoms with Crippen LogP contribution in [-0.2, 0) is 17.8 Å². The molecule has 0 aliphatic carbocycles. The molecule has 1 N–H and O–H groups in total. The van der Waals surface area contributed by atoms with Crippen molar-refractivity contribution in [3.8, 4) is 17.0 Å². The summed E-state index contributed by atoms with van der Waals surface area (Å²) in [6.45, 7) is 2.38. The number of nitrogens with one attached hydrogen (secondary N) is 1. The van der Waals surface area contributed by atoms with E-state index in [1.54, 1.807) is 12.1 Å². The number of anilines is 1. The van der Waals surface area contributed by atoms with Gasteiger partial charge in [0.2, 0.25) is 5.91 Å². The Morgan fingerprint density at radius 2 is 1.88 bits per heavy atom. The Balaban J connectivity index is 1.28. The van der Waals surface area contributed by atoms with Gasteiger partial charge in [0.25, 0.3) is 0 Å². The van der Waals surface area contributed by atoms with Gasteiger partial charge in [0.1, 0.15) is 34.7 Å². The van der Waals surface area contributed by atoms with Crippen molar-refractivity contribution in [3.05, 3.63) is 87.6 Å². The normalized spacial score (nSPS) is 11.1. The van der Waals surface area contributed by atoms with Crippen LogP contribution in [0.3, 0.4) is 0 Å². The average Bonchev–Trinajstić information content (AvgIpc) is 3.52. The lowest BCUT2D eigenvalue weighted by Crippen LogP contribution is -2.16. The van der Waals surface area contributed by atoms with Crippen LogP contribution in [0.1, 0.15) is 16.3 Å². The van der Waals surface area contributed by atoms with E-state index >= 15 is 0 Å². The van der Waals surface area contributed by atoms with Gasteiger partial charge in [-0.25, -0.2) is 14.4 Å². The molecule has 0 saturated carbocycles.